The van der Waals surface area contributed by atoms with E-state index in [0.717, 1.165) is 56.2 Å². The van der Waals surface area contributed by atoms with Crippen LogP contribution in [0.25, 0.3) is 78.2 Å². The predicted molar refractivity (Wildman–Crippen MR) is 189 cm³/mol. The maximum atomic E-state index is 5.57. The third kappa shape index (κ3) is 5.25. The van der Waals surface area contributed by atoms with Gasteiger partial charge in [-0.3, -0.25) is 9.97 Å². The molecule has 0 amide bonds. The van der Waals surface area contributed by atoms with Crippen LogP contribution in [0.3, 0.4) is 0 Å². The van der Waals surface area contributed by atoms with Crippen molar-refractivity contribution in [1.29, 1.82) is 0 Å². The van der Waals surface area contributed by atoms with Crippen molar-refractivity contribution in [3.63, 3.8) is 0 Å². The van der Waals surface area contributed by atoms with Crippen molar-refractivity contribution in [3.8, 4) is 67.7 Å². The molecule has 0 aliphatic heterocycles. The summed E-state index contributed by atoms with van der Waals surface area (Å²) in [5.41, 5.74) is 11.8. The van der Waals surface area contributed by atoms with Crippen molar-refractivity contribution >= 4 is 22.1 Å². The molecule has 4 aromatic heterocycles. The standard InChI is InChI=1S/C40H28N6O2/c1-47-33-23-41-21-31-39(33)45-37(35(43-31)27-9-5-3-6-10-27)29-17-13-25(14-18-29)26-15-19-30(20-16-26)38-36(28-11-7-4-8-12-28)44-32-22-42-24-34(48-2)40(32)46-38/h3-24H,1-2H3. The first kappa shape index (κ1) is 28.9. The Bertz CT molecular complexity index is 2230. The minimum absolute atomic E-state index is 0.583. The van der Waals surface area contributed by atoms with Gasteiger partial charge in [0.25, 0.3) is 0 Å². The highest BCUT2D eigenvalue weighted by molar-refractivity contribution is 5.90. The van der Waals surface area contributed by atoms with E-state index in [4.69, 9.17) is 29.4 Å². The SMILES string of the molecule is COc1cncc2nc(-c3ccccc3)c(-c3ccc(-c4ccc(-c5nc6c(OC)cncc6nc5-c5ccccc5)cc4)cc3)nc12. The lowest BCUT2D eigenvalue weighted by Crippen LogP contribution is -1.98. The molecule has 0 spiro atoms. The molecule has 8 aromatic rings. The Kier molecular flexibility index (Phi) is 7.43. The van der Waals surface area contributed by atoms with Gasteiger partial charge in [0, 0.05) is 22.3 Å². The minimum atomic E-state index is 0.583. The fourth-order valence-electron chi connectivity index (χ4n) is 5.85. The fraction of sp³-hybridized carbons (Fsp3) is 0.0500. The van der Waals surface area contributed by atoms with Crippen LogP contribution in [0.2, 0.25) is 0 Å². The third-order valence-electron chi connectivity index (χ3n) is 8.27. The Morgan fingerprint density at radius 3 is 1.06 bits per heavy atom. The molecule has 0 bridgehead atoms. The number of nitrogens with zero attached hydrogens (tertiary/aromatic N) is 6. The molecule has 4 heterocycles. The highest BCUT2D eigenvalue weighted by atomic mass is 16.5. The zero-order chi connectivity index (χ0) is 32.5. The van der Waals surface area contributed by atoms with E-state index in [1.165, 1.54) is 0 Å². The Morgan fingerprint density at radius 2 is 0.688 bits per heavy atom. The highest BCUT2D eigenvalue weighted by Gasteiger charge is 2.18. The first-order chi connectivity index (χ1) is 23.7. The average molecular weight is 625 g/mol. The zero-order valence-electron chi connectivity index (χ0n) is 26.2. The second kappa shape index (κ2) is 12.3. The van der Waals surface area contributed by atoms with E-state index in [1.807, 2.05) is 60.7 Å². The van der Waals surface area contributed by atoms with Gasteiger partial charge in [-0.05, 0) is 11.1 Å². The summed E-state index contributed by atoms with van der Waals surface area (Å²) in [7, 11) is 3.23. The number of ether oxygens (including phenoxy) is 2. The van der Waals surface area contributed by atoms with E-state index in [0.29, 0.717) is 33.6 Å². The van der Waals surface area contributed by atoms with E-state index < -0.39 is 0 Å². The number of pyridine rings is 2. The number of rotatable bonds is 7. The third-order valence-corrected chi connectivity index (χ3v) is 8.27. The molecule has 8 heteroatoms. The number of aromatic nitrogens is 6. The Balaban J connectivity index is 1.18. The minimum Gasteiger partial charge on any atom is -0.493 e. The summed E-state index contributed by atoms with van der Waals surface area (Å²) in [5.74, 6) is 1.17. The van der Waals surface area contributed by atoms with Crippen LogP contribution in [-0.4, -0.2) is 44.1 Å². The molecule has 4 aromatic carbocycles. The summed E-state index contributed by atoms with van der Waals surface area (Å²) >= 11 is 0. The molecule has 48 heavy (non-hydrogen) atoms. The summed E-state index contributed by atoms with van der Waals surface area (Å²) in [5, 5.41) is 0. The maximum absolute atomic E-state index is 5.57. The normalized spacial score (nSPS) is 11.1. The number of hydrogen-bond acceptors (Lipinski definition) is 8. The van der Waals surface area contributed by atoms with Gasteiger partial charge in [0.2, 0.25) is 0 Å². The van der Waals surface area contributed by atoms with Crippen molar-refractivity contribution < 1.29 is 9.47 Å². The molecule has 0 N–H and O–H groups in total. The summed E-state index contributed by atoms with van der Waals surface area (Å²) in [6, 6.07) is 36.9. The number of benzene rings is 4. The van der Waals surface area contributed by atoms with Crippen molar-refractivity contribution in [2.45, 2.75) is 0 Å². The second-order valence-electron chi connectivity index (χ2n) is 11.1. The van der Waals surface area contributed by atoms with Gasteiger partial charge in [-0.25, -0.2) is 19.9 Å². The van der Waals surface area contributed by atoms with Crippen molar-refractivity contribution in [1.82, 2.24) is 29.9 Å². The summed E-state index contributed by atoms with van der Waals surface area (Å²) < 4.78 is 11.1. The summed E-state index contributed by atoms with van der Waals surface area (Å²) in [4.78, 5) is 28.6. The smallest absolute Gasteiger partial charge is 0.164 e. The van der Waals surface area contributed by atoms with Crippen molar-refractivity contribution in [3.05, 3.63) is 134 Å². The van der Waals surface area contributed by atoms with Gasteiger partial charge in [-0.2, -0.15) is 0 Å². The lowest BCUT2D eigenvalue weighted by molar-refractivity contribution is 0.417. The molecule has 0 aliphatic carbocycles. The molecule has 230 valence electrons. The largest absolute Gasteiger partial charge is 0.493 e. The molecule has 8 nitrogen and oxygen atoms in total. The van der Waals surface area contributed by atoms with Crippen LogP contribution in [0.4, 0.5) is 0 Å². The Hall–Kier alpha value is -6.54. The van der Waals surface area contributed by atoms with Gasteiger partial charge in [-0.1, -0.05) is 109 Å². The number of hydrogen-bond donors (Lipinski definition) is 0. The lowest BCUT2D eigenvalue weighted by atomic mass is 9.98. The first-order valence-electron chi connectivity index (χ1n) is 15.4. The van der Waals surface area contributed by atoms with Crippen LogP contribution in [0.15, 0.2) is 134 Å². The summed E-state index contributed by atoms with van der Waals surface area (Å²) in [6.45, 7) is 0. The molecule has 0 fully saturated rings. The number of fused-ring (bicyclic) bond motifs is 2. The highest BCUT2D eigenvalue weighted by Crippen LogP contribution is 2.36. The first-order valence-corrected chi connectivity index (χ1v) is 15.4. The molecule has 0 saturated carbocycles. The molecular formula is C40H28N6O2. The van der Waals surface area contributed by atoms with Gasteiger partial charge >= 0.3 is 0 Å². The van der Waals surface area contributed by atoms with E-state index >= 15 is 0 Å². The van der Waals surface area contributed by atoms with Gasteiger partial charge in [0.15, 0.2) is 11.5 Å². The monoisotopic (exact) mass is 624 g/mol. The van der Waals surface area contributed by atoms with Crippen LogP contribution in [0.5, 0.6) is 11.5 Å². The molecule has 0 radical (unpaired) electrons. The number of methoxy groups -OCH3 is 2. The van der Waals surface area contributed by atoms with Crippen molar-refractivity contribution in [2.24, 2.45) is 0 Å². The van der Waals surface area contributed by atoms with Crippen LogP contribution >= 0.6 is 0 Å². The van der Waals surface area contributed by atoms with Crippen molar-refractivity contribution in [2.75, 3.05) is 14.2 Å². The van der Waals surface area contributed by atoms with E-state index in [-0.39, 0.29) is 0 Å². The quantitative estimate of drug-likeness (QED) is 0.174. The molecular weight excluding hydrogens is 596 g/mol. The zero-order valence-corrected chi connectivity index (χ0v) is 26.2. The molecule has 8 rings (SSSR count). The van der Waals surface area contributed by atoms with Gasteiger partial charge in [0.05, 0.1) is 61.8 Å². The molecule has 0 aliphatic rings. The van der Waals surface area contributed by atoms with Crippen LogP contribution in [-0.2, 0) is 0 Å². The second-order valence-corrected chi connectivity index (χ2v) is 11.1. The fourth-order valence-corrected chi connectivity index (χ4v) is 5.85. The van der Waals surface area contributed by atoms with Gasteiger partial charge in [0.1, 0.15) is 22.1 Å². The van der Waals surface area contributed by atoms with Crippen LogP contribution < -0.4 is 9.47 Å². The van der Waals surface area contributed by atoms with E-state index in [9.17, 15) is 0 Å². The van der Waals surface area contributed by atoms with Gasteiger partial charge < -0.3 is 9.47 Å². The van der Waals surface area contributed by atoms with Gasteiger partial charge in [-0.15, -0.1) is 0 Å². The summed E-state index contributed by atoms with van der Waals surface area (Å²) in [6.07, 6.45) is 6.76. The molecule has 0 saturated heterocycles. The molecule has 0 atom stereocenters. The molecule has 0 unspecified atom stereocenters. The van der Waals surface area contributed by atoms with E-state index in [2.05, 4.69) is 58.5 Å². The van der Waals surface area contributed by atoms with Crippen LogP contribution in [0.1, 0.15) is 0 Å². The Labute approximate surface area is 276 Å². The average Bonchev–Trinajstić information content (AvgIpc) is 3.17. The maximum Gasteiger partial charge on any atom is 0.164 e. The van der Waals surface area contributed by atoms with Crippen LogP contribution in [0, 0.1) is 0 Å². The van der Waals surface area contributed by atoms with E-state index in [1.54, 1.807) is 39.0 Å². The predicted octanol–water partition coefficient (Wildman–Crippen LogP) is 8.72. The lowest BCUT2D eigenvalue weighted by Gasteiger charge is -2.13. The topological polar surface area (TPSA) is 95.8 Å². The Morgan fingerprint density at radius 1 is 0.354 bits per heavy atom.